The van der Waals surface area contributed by atoms with E-state index in [0.29, 0.717) is 11.6 Å². The highest BCUT2D eigenvalue weighted by molar-refractivity contribution is 6.17. The first-order chi connectivity index (χ1) is 12.6. The molecule has 2 heterocycles. The molecule has 0 fully saturated rings. The van der Waals surface area contributed by atoms with Gasteiger partial charge >= 0.3 is 0 Å². The summed E-state index contributed by atoms with van der Waals surface area (Å²) in [5.41, 5.74) is -0.765. The summed E-state index contributed by atoms with van der Waals surface area (Å²) in [5.74, 6) is -3.87. The Bertz CT molecular complexity index is 949. The molecule has 0 aliphatic carbocycles. The third-order valence-corrected chi connectivity index (χ3v) is 4.33. The van der Waals surface area contributed by atoms with Gasteiger partial charge in [0.25, 0.3) is 5.91 Å². The van der Waals surface area contributed by atoms with Gasteiger partial charge in [0, 0.05) is 23.9 Å². The average Bonchev–Trinajstić information content (AvgIpc) is 2.86. The zero-order valence-electron chi connectivity index (χ0n) is 15.0. The van der Waals surface area contributed by atoms with Crippen molar-refractivity contribution in [2.45, 2.75) is 26.8 Å². The molecule has 5 nitrogen and oxygen atoms in total. The fourth-order valence-electron chi connectivity index (χ4n) is 3.03. The van der Waals surface area contributed by atoms with Crippen LogP contribution >= 0.6 is 0 Å². The van der Waals surface area contributed by atoms with Crippen LogP contribution in [0, 0.1) is 17.0 Å². The van der Waals surface area contributed by atoms with E-state index in [1.807, 2.05) is 0 Å². The number of nitrogens with zero attached hydrogens (tertiary/aromatic N) is 2. The summed E-state index contributed by atoms with van der Waals surface area (Å²) < 4.78 is 27.7. The van der Waals surface area contributed by atoms with E-state index in [-0.39, 0.29) is 11.3 Å². The maximum Gasteiger partial charge on any atom is 0.294 e. The molecule has 1 N–H and O–H groups in total. The van der Waals surface area contributed by atoms with Gasteiger partial charge in [-0.05, 0) is 29.8 Å². The van der Waals surface area contributed by atoms with Crippen molar-refractivity contribution in [3.8, 4) is 0 Å². The van der Waals surface area contributed by atoms with Crippen LogP contribution in [0.25, 0.3) is 0 Å². The first-order valence-electron chi connectivity index (χ1n) is 8.29. The Morgan fingerprint density at radius 2 is 1.78 bits per heavy atom. The molecule has 1 atom stereocenters. The summed E-state index contributed by atoms with van der Waals surface area (Å²) in [5, 5.41) is 10.5. The molecule has 1 aromatic carbocycles. The number of pyridine rings is 1. The highest BCUT2D eigenvalue weighted by atomic mass is 19.1. The zero-order chi connectivity index (χ0) is 19.9. The number of halogens is 2. The Morgan fingerprint density at radius 1 is 1.15 bits per heavy atom. The number of carbonyl (C=O) groups excluding carboxylic acids is 2. The number of benzene rings is 1. The van der Waals surface area contributed by atoms with E-state index in [1.165, 1.54) is 12.4 Å². The number of aromatic nitrogens is 1. The normalized spacial score (nSPS) is 17.6. The number of hydrogen-bond donors (Lipinski definition) is 1. The molecular formula is C20H18F2N2O3. The van der Waals surface area contributed by atoms with Gasteiger partial charge in [0.15, 0.2) is 11.5 Å². The van der Waals surface area contributed by atoms with Crippen molar-refractivity contribution in [1.82, 2.24) is 4.98 Å². The quantitative estimate of drug-likeness (QED) is 0.888. The van der Waals surface area contributed by atoms with E-state index in [0.717, 1.165) is 17.0 Å². The molecule has 1 unspecified atom stereocenters. The molecular weight excluding hydrogens is 354 g/mol. The Labute approximate surface area is 155 Å². The second-order valence-electron chi connectivity index (χ2n) is 7.30. The predicted octanol–water partition coefficient (Wildman–Crippen LogP) is 3.88. The molecule has 140 valence electrons. The lowest BCUT2D eigenvalue weighted by molar-refractivity contribution is -0.123. The van der Waals surface area contributed by atoms with Crippen LogP contribution in [-0.4, -0.2) is 21.8 Å². The molecule has 1 aromatic heterocycles. The van der Waals surface area contributed by atoms with Crippen LogP contribution in [0.1, 0.15) is 32.4 Å². The Hall–Kier alpha value is -3.09. The number of hydrogen-bond acceptors (Lipinski definition) is 4. The van der Waals surface area contributed by atoms with Crippen LogP contribution in [0.5, 0.6) is 0 Å². The lowest BCUT2D eigenvalue weighted by Gasteiger charge is -2.29. The topological polar surface area (TPSA) is 70.5 Å². The van der Waals surface area contributed by atoms with Gasteiger partial charge in [-0.1, -0.05) is 20.8 Å². The average molecular weight is 372 g/mol. The number of Topliss-reactive ketones (excluding diaryl/α,β-unsaturated/α-hetero) is 1. The molecule has 1 aliphatic rings. The molecule has 2 aromatic rings. The van der Waals surface area contributed by atoms with Crippen LogP contribution < -0.4 is 4.90 Å². The lowest BCUT2D eigenvalue weighted by Crippen LogP contribution is -2.33. The standard InChI is InChI=1S/C20H18F2N2O3/c1-20(2,3)18(26)15-16(11-6-8-23-9-7-11)24(19(27)17(15)25)14-5-4-12(21)10-13(14)22/h4-10,16,25H,1-3H3. The number of aliphatic hydroxyl groups is 1. The summed E-state index contributed by atoms with van der Waals surface area (Å²) in [6, 6.07) is 4.85. The van der Waals surface area contributed by atoms with Crippen molar-refractivity contribution in [3.63, 3.8) is 0 Å². The second-order valence-corrected chi connectivity index (χ2v) is 7.30. The predicted molar refractivity (Wildman–Crippen MR) is 94.9 cm³/mol. The first kappa shape index (κ1) is 18.7. The third kappa shape index (κ3) is 3.20. The number of aliphatic hydroxyl groups excluding tert-OH is 1. The third-order valence-electron chi connectivity index (χ3n) is 4.33. The minimum atomic E-state index is -1.05. The smallest absolute Gasteiger partial charge is 0.294 e. The fraction of sp³-hybridized carbons (Fsp3) is 0.250. The van der Waals surface area contributed by atoms with Crippen molar-refractivity contribution in [2.75, 3.05) is 4.90 Å². The van der Waals surface area contributed by atoms with Gasteiger partial charge in [0.1, 0.15) is 11.6 Å². The first-order valence-corrected chi connectivity index (χ1v) is 8.29. The van der Waals surface area contributed by atoms with Crippen molar-refractivity contribution >= 4 is 17.4 Å². The van der Waals surface area contributed by atoms with Gasteiger partial charge in [-0.3, -0.25) is 19.5 Å². The summed E-state index contributed by atoms with van der Waals surface area (Å²) in [4.78, 5) is 30.6. The fourth-order valence-corrected chi connectivity index (χ4v) is 3.03. The number of ketones is 1. The molecule has 1 amide bonds. The Kier molecular flexibility index (Phi) is 4.55. The van der Waals surface area contributed by atoms with Crippen LogP contribution in [0.15, 0.2) is 54.1 Å². The van der Waals surface area contributed by atoms with Gasteiger partial charge in [-0.2, -0.15) is 0 Å². The second kappa shape index (κ2) is 6.57. The zero-order valence-corrected chi connectivity index (χ0v) is 15.0. The van der Waals surface area contributed by atoms with E-state index in [1.54, 1.807) is 32.9 Å². The molecule has 0 spiro atoms. The lowest BCUT2D eigenvalue weighted by atomic mass is 9.82. The molecule has 0 saturated carbocycles. The van der Waals surface area contributed by atoms with Crippen molar-refractivity contribution in [2.24, 2.45) is 5.41 Å². The van der Waals surface area contributed by atoms with Crippen molar-refractivity contribution < 1.29 is 23.5 Å². The van der Waals surface area contributed by atoms with Crippen LogP contribution in [0.4, 0.5) is 14.5 Å². The highest BCUT2D eigenvalue weighted by Gasteiger charge is 2.47. The summed E-state index contributed by atoms with van der Waals surface area (Å²) in [6.07, 6.45) is 2.93. The van der Waals surface area contributed by atoms with Gasteiger partial charge in [-0.15, -0.1) is 0 Å². The molecule has 0 bridgehead atoms. The van der Waals surface area contributed by atoms with E-state index >= 15 is 0 Å². The molecule has 3 rings (SSSR count). The minimum absolute atomic E-state index is 0.123. The van der Waals surface area contributed by atoms with Gasteiger partial charge < -0.3 is 5.11 Å². The maximum atomic E-state index is 14.4. The number of amides is 1. The summed E-state index contributed by atoms with van der Waals surface area (Å²) in [7, 11) is 0. The number of anilines is 1. The van der Waals surface area contributed by atoms with Crippen LogP contribution in [0.3, 0.4) is 0 Å². The van der Waals surface area contributed by atoms with Gasteiger partial charge in [0.2, 0.25) is 0 Å². The van der Waals surface area contributed by atoms with E-state index in [2.05, 4.69) is 4.98 Å². The molecule has 7 heteroatoms. The van der Waals surface area contributed by atoms with Gasteiger partial charge in [0.05, 0.1) is 17.3 Å². The van der Waals surface area contributed by atoms with E-state index in [4.69, 9.17) is 0 Å². The molecule has 1 aliphatic heterocycles. The van der Waals surface area contributed by atoms with Gasteiger partial charge in [-0.25, -0.2) is 8.78 Å². The molecule has 27 heavy (non-hydrogen) atoms. The number of carbonyl (C=O) groups is 2. The SMILES string of the molecule is CC(C)(C)C(=O)C1=C(O)C(=O)N(c2ccc(F)cc2F)C1c1ccncc1. The summed E-state index contributed by atoms with van der Waals surface area (Å²) >= 11 is 0. The molecule has 0 saturated heterocycles. The number of rotatable bonds is 3. The molecule has 0 radical (unpaired) electrons. The Morgan fingerprint density at radius 3 is 2.33 bits per heavy atom. The van der Waals surface area contributed by atoms with E-state index in [9.17, 15) is 23.5 Å². The van der Waals surface area contributed by atoms with E-state index < -0.39 is 40.5 Å². The monoisotopic (exact) mass is 372 g/mol. The maximum absolute atomic E-state index is 14.4. The largest absolute Gasteiger partial charge is 0.503 e. The summed E-state index contributed by atoms with van der Waals surface area (Å²) in [6.45, 7) is 4.97. The van der Waals surface area contributed by atoms with Crippen molar-refractivity contribution in [3.05, 3.63) is 71.3 Å². The van der Waals surface area contributed by atoms with Crippen LogP contribution in [0.2, 0.25) is 0 Å². The Balaban J connectivity index is 2.23. The highest BCUT2D eigenvalue weighted by Crippen LogP contribution is 2.43. The van der Waals surface area contributed by atoms with Crippen LogP contribution in [-0.2, 0) is 9.59 Å². The minimum Gasteiger partial charge on any atom is -0.503 e. The van der Waals surface area contributed by atoms with Crippen molar-refractivity contribution in [1.29, 1.82) is 0 Å².